The number of ketones is 1. The summed E-state index contributed by atoms with van der Waals surface area (Å²) in [5.74, 6) is -1.23. The fourth-order valence-electron chi connectivity index (χ4n) is 3.74. The third-order valence-electron chi connectivity index (χ3n) is 5.23. The van der Waals surface area contributed by atoms with Crippen molar-refractivity contribution in [2.45, 2.75) is 51.6 Å². The molecule has 0 amide bonds. The van der Waals surface area contributed by atoms with Gasteiger partial charge in [-0.25, -0.2) is 0 Å². The van der Waals surface area contributed by atoms with E-state index >= 15 is 0 Å². The van der Waals surface area contributed by atoms with Crippen molar-refractivity contribution in [3.8, 4) is 0 Å². The van der Waals surface area contributed by atoms with Crippen molar-refractivity contribution in [2.24, 2.45) is 0 Å². The van der Waals surface area contributed by atoms with Crippen molar-refractivity contribution >= 4 is 11.8 Å². The smallest absolute Gasteiger partial charge is 0.314 e. The highest BCUT2D eigenvalue weighted by Crippen LogP contribution is 2.38. The van der Waals surface area contributed by atoms with Crippen LogP contribution in [-0.4, -0.2) is 17.4 Å². The van der Waals surface area contributed by atoms with Gasteiger partial charge in [-0.3, -0.25) is 9.59 Å². The van der Waals surface area contributed by atoms with E-state index in [4.69, 9.17) is 4.74 Å². The molecule has 2 atom stereocenters. The summed E-state index contributed by atoms with van der Waals surface area (Å²) in [6, 6.07) is 27.0. The van der Waals surface area contributed by atoms with Gasteiger partial charge in [-0.15, -0.1) is 0 Å². The Labute approximate surface area is 185 Å². The third kappa shape index (κ3) is 6.14. The van der Waals surface area contributed by atoms with Crippen LogP contribution in [0.5, 0.6) is 0 Å². The summed E-state index contributed by atoms with van der Waals surface area (Å²) in [5.41, 5.74) is 2.94. The van der Waals surface area contributed by atoms with Crippen LogP contribution in [0, 0.1) is 6.92 Å². The number of carbonyl (C=O) groups excluding carboxylic acids is 2. The summed E-state index contributed by atoms with van der Waals surface area (Å²) < 4.78 is 5.81. The molecule has 3 aromatic carbocycles. The van der Waals surface area contributed by atoms with E-state index in [1.165, 1.54) is 0 Å². The molecule has 31 heavy (non-hydrogen) atoms. The minimum absolute atomic E-state index is 0.0124. The van der Waals surface area contributed by atoms with Crippen LogP contribution in [0.25, 0.3) is 0 Å². The Morgan fingerprint density at radius 3 is 1.81 bits per heavy atom. The molecule has 0 N–H and O–H groups in total. The van der Waals surface area contributed by atoms with Gasteiger partial charge in [-0.05, 0) is 38.8 Å². The number of aryl methyl sites for hydroxylation is 1. The van der Waals surface area contributed by atoms with Crippen molar-refractivity contribution in [3.05, 3.63) is 107 Å². The highest BCUT2D eigenvalue weighted by atomic mass is 16.6. The lowest BCUT2D eigenvalue weighted by Gasteiger charge is -2.30. The Bertz CT molecular complexity index is 1000. The van der Waals surface area contributed by atoms with Crippen molar-refractivity contribution < 1.29 is 14.3 Å². The molecule has 0 bridgehead atoms. The SMILES string of the molecule is Cc1ccc(C(=O)C[C@H](c2ccccc2)[C@H](C(=O)OC(C)(C)C)c2ccccc2)cc1. The van der Waals surface area contributed by atoms with Crippen LogP contribution >= 0.6 is 0 Å². The molecular weight excluding hydrogens is 384 g/mol. The van der Waals surface area contributed by atoms with Crippen LogP contribution in [0.3, 0.4) is 0 Å². The van der Waals surface area contributed by atoms with Crippen LogP contribution in [-0.2, 0) is 9.53 Å². The van der Waals surface area contributed by atoms with Crippen molar-refractivity contribution in [3.63, 3.8) is 0 Å². The molecule has 0 aliphatic carbocycles. The summed E-state index contributed by atoms with van der Waals surface area (Å²) in [5, 5.41) is 0. The number of hydrogen-bond acceptors (Lipinski definition) is 3. The second kappa shape index (κ2) is 9.74. The summed E-state index contributed by atoms with van der Waals surface area (Å²) >= 11 is 0. The van der Waals surface area contributed by atoms with E-state index in [0.717, 1.165) is 16.7 Å². The molecule has 0 aliphatic rings. The summed E-state index contributed by atoms with van der Waals surface area (Å²) in [7, 11) is 0. The van der Waals surface area contributed by atoms with Gasteiger partial charge in [-0.2, -0.15) is 0 Å². The number of Topliss-reactive ketones (excluding diaryl/α,β-unsaturated/α-hetero) is 1. The Hall–Kier alpha value is -3.20. The van der Waals surface area contributed by atoms with E-state index in [0.29, 0.717) is 5.56 Å². The standard InChI is InChI=1S/C28H30O3/c1-20-15-17-22(18-16-20)25(29)19-24(21-11-7-5-8-12-21)26(23-13-9-6-10-14-23)27(30)31-28(2,3)4/h5-18,24,26H,19H2,1-4H3/t24-,26-/m1/s1. The summed E-state index contributed by atoms with van der Waals surface area (Å²) in [4.78, 5) is 26.6. The molecule has 3 heteroatoms. The van der Waals surface area contributed by atoms with Gasteiger partial charge < -0.3 is 4.74 Å². The van der Waals surface area contributed by atoms with E-state index < -0.39 is 11.5 Å². The zero-order chi connectivity index (χ0) is 22.4. The highest BCUT2D eigenvalue weighted by Gasteiger charge is 2.36. The van der Waals surface area contributed by atoms with Gasteiger partial charge in [0.25, 0.3) is 0 Å². The molecule has 0 saturated heterocycles. The Balaban J connectivity index is 2.04. The number of ether oxygens (including phenoxy) is 1. The molecule has 0 heterocycles. The lowest BCUT2D eigenvalue weighted by molar-refractivity contribution is -0.157. The molecule has 0 aromatic heterocycles. The highest BCUT2D eigenvalue weighted by molar-refractivity contribution is 5.97. The van der Waals surface area contributed by atoms with Gasteiger partial charge in [0.2, 0.25) is 0 Å². The first-order valence-corrected chi connectivity index (χ1v) is 10.7. The van der Waals surface area contributed by atoms with Gasteiger partial charge in [-0.1, -0.05) is 90.5 Å². The normalized spacial score (nSPS) is 13.3. The van der Waals surface area contributed by atoms with Crippen LogP contribution in [0.1, 0.15) is 66.1 Å². The molecule has 0 radical (unpaired) electrons. The number of carbonyl (C=O) groups is 2. The number of benzene rings is 3. The first-order valence-electron chi connectivity index (χ1n) is 10.7. The van der Waals surface area contributed by atoms with E-state index in [1.807, 2.05) is 113 Å². The first-order chi connectivity index (χ1) is 14.7. The minimum atomic E-state index is -0.619. The average molecular weight is 415 g/mol. The Kier molecular flexibility index (Phi) is 7.06. The van der Waals surface area contributed by atoms with Gasteiger partial charge >= 0.3 is 5.97 Å². The second-order valence-corrected chi connectivity index (χ2v) is 8.93. The van der Waals surface area contributed by atoms with E-state index in [9.17, 15) is 9.59 Å². The summed E-state index contributed by atoms with van der Waals surface area (Å²) in [6.07, 6.45) is 0.214. The molecule has 160 valence electrons. The zero-order valence-electron chi connectivity index (χ0n) is 18.7. The van der Waals surface area contributed by atoms with Gasteiger partial charge in [0, 0.05) is 17.9 Å². The third-order valence-corrected chi connectivity index (χ3v) is 5.23. The maximum absolute atomic E-state index is 13.4. The molecule has 0 spiro atoms. The van der Waals surface area contributed by atoms with Gasteiger partial charge in [0.1, 0.15) is 5.60 Å². The quantitative estimate of drug-likeness (QED) is 0.328. The molecule has 3 aromatic rings. The van der Waals surface area contributed by atoms with Crippen LogP contribution < -0.4 is 0 Å². The molecule has 3 rings (SSSR count). The maximum Gasteiger partial charge on any atom is 0.314 e. The largest absolute Gasteiger partial charge is 0.459 e. The molecule has 0 unspecified atom stereocenters. The summed E-state index contributed by atoms with van der Waals surface area (Å²) in [6.45, 7) is 7.58. The molecule has 3 nitrogen and oxygen atoms in total. The first kappa shape index (κ1) is 22.5. The van der Waals surface area contributed by atoms with Gasteiger partial charge in [0.05, 0.1) is 5.92 Å². The molecular formula is C28H30O3. The monoisotopic (exact) mass is 414 g/mol. The van der Waals surface area contributed by atoms with E-state index in [-0.39, 0.29) is 24.1 Å². The average Bonchev–Trinajstić information content (AvgIpc) is 2.74. The fourth-order valence-corrected chi connectivity index (χ4v) is 3.74. The maximum atomic E-state index is 13.4. The molecule has 0 saturated carbocycles. The van der Waals surface area contributed by atoms with E-state index in [1.54, 1.807) is 0 Å². The number of rotatable bonds is 7. The Morgan fingerprint density at radius 1 is 0.774 bits per heavy atom. The lowest BCUT2D eigenvalue weighted by atomic mass is 9.77. The minimum Gasteiger partial charge on any atom is -0.459 e. The van der Waals surface area contributed by atoms with Crippen molar-refractivity contribution in [1.29, 1.82) is 0 Å². The van der Waals surface area contributed by atoms with Gasteiger partial charge in [0.15, 0.2) is 5.78 Å². The van der Waals surface area contributed by atoms with Crippen LogP contribution in [0.2, 0.25) is 0 Å². The molecule has 0 fully saturated rings. The van der Waals surface area contributed by atoms with E-state index in [2.05, 4.69) is 0 Å². The second-order valence-electron chi connectivity index (χ2n) is 8.93. The topological polar surface area (TPSA) is 43.4 Å². The van der Waals surface area contributed by atoms with Crippen LogP contribution in [0.15, 0.2) is 84.9 Å². The number of esters is 1. The fraction of sp³-hybridized carbons (Fsp3) is 0.286. The lowest BCUT2D eigenvalue weighted by Crippen LogP contribution is -2.31. The van der Waals surface area contributed by atoms with Crippen molar-refractivity contribution in [1.82, 2.24) is 0 Å². The predicted molar refractivity (Wildman–Crippen MR) is 124 cm³/mol. The predicted octanol–water partition coefficient (Wildman–Crippen LogP) is 6.48. The molecule has 0 aliphatic heterocycles. The zero-order valence-corrected chi connectivity index (χ0v) is 18.7. The Morgan fingerprint density at radius 2 is 1.29 bits per heavy atom. The van der Waals surface area contributed by atoms with Crippen molar-refractivity contribution in [2.75, 3.05) is 0 Å². The van der Waals surface area contributed by atoms with Crippen LogP contribution in [0.4, 0.5) is 0 Å². The number of hydrogen-bond donors (Lipinski definition) is 0.